The molecule has 0 heterocycles. The first kappa shape index (κ1) is 8.57. The number of allylic oxidation sites excluding steroid dienone is 4. The summed E-state index contributed by atoms with van der Waals surface area (Å²) in [5, 5.41) is 0. The molecule has 0 saturated heterocycles. The van der Waals surface area contributed by atoms with Gasteiger partial charge in [0.05, 0.1) is 0 Å². The Hall–Kier alpha value is -1.53. The average molecular weight is 161 g/mol. The highest BCUT2D eigenvalue weighted by atomic mass is 16.1. The van der Waals surface area contributed by atoms with E-state index in [0.717, 1.165) is 5.57 Å². The molecule has 1 aliphatic rings. The Labute approximate surface area is 71.8 Å². The van der Waals surface area contributed by atoms with E-state index in [9.17, 15) is 4.79 Å². The maximum atomic E-state index is 11.0. The molecule has 2 nitrogen and oxygen atoms in total. The fourth-order valence-corrected chi connectivity index (χ4v) is 1.03. The molecular formula is C10H11NO. The van der Waals surface area contributed by atoms with Gasteiger partial charge in [-0.05, 0) is 37.6 Å². The molecule has 2 N–H and O–H groups in total. The molecular weight excluding hydrogens is 150 g/mol. The normalized spacial score (nSPS) is 16.0. The zero-order valence-corrected chi connectivity index (χ0v) is 7.22. The van der Waals surface area contributed by atoms with Gasteiger partial charge in [0.2, 0.25) is 0 Å². The van der Waals surface area contributed by atoms with Gasteiger partial charge < -0.3 is 5.73 Å². The van der Waals surface area contributed by atoms with Crippen molar-refractivity contribution in [2.75, 3.05) is 0 Å². The van der Waals surface area contributed by atoms with E-state index in [-0.39, 0.29) is 5.78 Å². The van der Waals surface area contributed by atoms with E-state index < -0.39 is 0 Å². The number of Topliss-reactive ketones (excluding diaryl/α,β-unsaturated/α-hetero) is 1. The molecule has 12 heavy (non-hydrogen) atoms. The van der Waals surface area contributed by atoms with E-state index in [1.807, 2.05) is 6.92 Å². The summed E-state index contributed by atoms with van der Waals surface area (Å²) >= 11 is 0. The summed E-state index contributed by atoms with van der Waals surface area (Å²) in [6, 6.07) is 0. The molecule has 0 aliphatic heterocycles. The van der Waals surface area contributed by atoms with Crippen LogP contribution < -0.4 is 5.73 Å². The van der Waals surface area contributed by atoms with Gasteiger partial charge in [-0.1, -0.05) is 0 Å². The van der Waals surface area contributed by atoms with Crippen LogP contribution in [0.1, 0.15) is 13.8 Å². The zero-order chi connectivity index (χ0) is 9.14. The fraction of sp³-hybridized carbons (Fsp3) is 0.200. The Morgan fingerprint density at radius 1 is 1.58 bits per heavy atom. The van der Waals surface area contributed by atoms with Crippen molar-refractivity contribution in [2.45, 2.75) is 13.8 Å². The smallest absolute Gasteiger partial charge is 0.161 e. The zero-order valence-electron chi connectivity index (χ0n) is 7.22. The van der Waals surface area contributed by atoms with Crippen LogP contribution in [-0.2, 0) is 4.79 Å². The summed E-state index contributed by atoms with van der Waals surface area (Å²) < 4.78 is 0. The van der Waals surface area contributed by atoms with Crippen molar-refractivity contribution in [3.05, 3.63) is 40.8 Å². The van der Waals surface area contributed by atoms with Gasteiger partial charge in [0.15, 0.2) is 5.78 Å². The molecule has 0 aromatic rings. The molecule has 0 atom stereocenters. The number of carbonyl (C=O) groups excluding carboxylic acids is 1. The number of rotatable bonds is 1. The van der Waals surface area contributed by atoms with Crippen LogP contribution in [0.5, 0.6) is 0 Å². The van der Waals surface area contributed by atoms with Crippen molar-refractivity contribution in [1.82, 2.24) is 0 Å². The predicted octanol–water partition coefficient (Wildman–Crippen LogP) is 1.46. The van der Waals surface area contributed by atoms with Crippen LogP contribution in [0.3, 0.4) is 0 Å². The highest BCUT2D eigenvalue weighted by molar-refractivity contribution is 5.97. The monoisotopic (exact) mass is 161 g/mol. The SMILES string of the molecule is CC(=O)C1=CC=C=C(C)C=C1N. The maximum absolute atomic E-state index is 11.0. The lowest BCUT2D eigenvalue weighted by atomic mass is 10.1. The standard InChI is InChI=1S/C10H11NO/c1-7-4-3-5-9(8(2)12)10(11)6-7/h3,5-6H,11H2,1-2H3. The van der Waals surface area contributed by atoms with Crippen LogP contribution >= 0.6 is 0 Å². The summed E-state index contributed by atoms with van der Waals surface area (Å²) in [6.45, 7) is 3.39. The molecule has 0 spiro atoms. The largest absolute Gasteiger partial charge is 0.398 e. The van der Waals surface area contributed by atoms with Crippen LogP contribution in [0.4, 0.5) is 0 Å². The van der Waals surface area contributed by atoms with Gasteiger partial charge in [-0.25, -0.2) is 0 Å². The Bertz CT molecular complexity index is 339. The van der Waals surface area contributed by atoms with E-state index >= 15 is 0 Å². The second-order valence-corrected chi connectivity index (χ2v) is 2.73. The molecule has 0 aromatic carbocycles. The molecule has 1 rings (SSSR count). The van der Waals surface area contributed by atoms with Crippen LogP contribution in [0.25, 0.3) is 0 Å². The van der Waals surface area contributed by atoms with Crippen molar-refractivity contribution in [1.29, 1.82) is 0 Å². The minimum atomic E-state index is -0.0171. The number of hydrogen-bond acceptors (Lipinski definition) is 2. The van der Waals surface area contributed by atoms with Crippen molar-refractivity contribution in [2.24, 2.45) is 5.73 Å². The van der Waals surface area contributed by atoms with Crippen molar-refractivity contribution >= 4 is 5.78 Å². The molecule has 0 radical (unpaired) electrons. The second kappa shape index (κ2) is 3.24. The number of hydrogen-bond donors (Lipinski definition) is 1. The Morgan fingerprint density at radius 2 is 2.25 bits per heavy atom. The minimum absolute atomic E-state index is 0.0171. The van der Waals surface area contributed by atoms with Crippen LogP contribution in [0, 0.1) is 0 Å². The summed E-state index contributed by atoms with van der Waals surface area (Å²) in [6.07, 6.45) is 5.14. The van der Waals surface area contributed by atoms with Crippen molar-refractivity contribution < 1.29 is 4.79 Å². The van der Waals surface area contributed by atoms with E-state index in [2.05, 4.69) is 5.73 Å². The molecule has 0 unspecified atom stereocenters. The Kier molecular flexibility index (Phi) is 2.32. The molecule has 0 aromatic heterocycles. The number of carbonyl (C=O) groups is 1. The molecule has 2 heteroatoms. The second-order valence-electron chi connectivity index (χ2n) is 2.73. The van der Waals surface area contributed by atoms with Gasteiger partial charge in [0, 0.05) is 11.3 Å². The fourth-order valence-electron chi connectivity index (χ4n) is 1.03. The molecule has 62 valence electrons. The summed E-state index contributed by atoms with van der Waals surface area (Å²) in [4.78, 5) is 11.0. The van der Waals surface area contributed by atoms with E-state index in [1.54, 1.807) is 18.2 Å². The first-order valence-electron chi connectivity index (χ1n) is 3.73. The average Bonchev–Trinajstić information content (AvgIpc) is 2.10. The Balaban J connectivity index is 3.12. The minimum Gasteiger partial charge on any atom is -0.398 e. The van der Waals surface area contributed by atoms with Crippen molar-refractivity contribution in [3.63, 3.8) is 0 Å². The van der Waals surface area contributed by atoms with Gasteiger partial charge in [-0.3, -0.25) is 4.79 Å². The van der Waals surface area contributed by atoms with E-state index in [4.69, 9.17) is 5.73 Å². The first-order chi connectivity index (χ1) is 5.61. The quantitative estimate of drug-likeness (QED) is 0.591. The number of ketones is 1. The molecule has 0 bridgehead atoms. The van der Waals surface area contributed by atoms with Crippen LogP contribution in [-0.4, -0.2) is 5.78 Å². The number of nitrogens with two attached hydrogens (primary N) is 1. The van der Waals surface area contributed by atoms with Gasteiger partial charge >= 0.3 is 0 Å². The molecule has 0 fully saturated rings. The lowest BCUT2D eigenvalue weighted by molar-refractivity contribution is -0.113. The summed E-state index contributed by atoms with van der Waals surface area (Å²) in [5.41, 5.74) is 10.6. The van der Waals surface area contributed by atoms with E-state index in [0.29, 0.717) is 11.3 Å². The van der Waals surface area contributed by atoms with Gasteiger partial charge in [-0.15, -0.1) is 5.73 Å². The predicted molar refractivity (Wildman–Crippen MR) is 48.3 cm³/mol. The van der Waals surface area contributed by atoms with Gasteiger partial charge in [0.1, 0.15) is 0 Å². The first-order valence-corrected chi connectivity index (χ1v) is 3.73. The van der Waals surface area contributed by atoms with Crippen LogP contribution in [0.2, 0.25) is 0 Å². The molecule has 0 saturated carbocycles. The highest BCUT2D eigenvalue weighted by Gasteiger charge is 2.06. The summed E-state index contributed by atoms with van der Waals surface area (Å²) in [5.74, 6) is -0.0171. The highest BCUT2D eigenvalue weighted by Crippen LogP contribution is 2.11. The van der Waals surface area contributed by atoms with Crippen molar-refractivity contribution in [3.8, 4) is 0 Å². The lowest BCUT2D eigenvalue weighted by Gasteiger charge is -2.00. The van der Waals surface area contributed by atoms with Gasteiger partial charge in [0.25, 0.3) is 0 Å². The third kappa shape index (κ3) is 1.74. The topological polar surface area (TPSA) is 43.1 Å². The summed E-state index contributed by atoms with van der Waals surface area (Å²) in [7, 11) is 0. The third-order valence-corrected chi connectivity index (χ3v) is 1.62. The lowest BCUT2D eigenvalue weighted by Crippen LogP contribution is -2.07. The van der Waals surface area contributed by atoms with Gasteiger partial charge in [-0.2, -0.15) is 0 Å². The van der Waals surface area contributed by atoms with Crippen LogP contribution in [0.15, 0.2) is 40.8 Å². The third-order valence-electron chi connectivity index (χ3n) is 1.62. The van der Waals surface area contributed by atoms with E-state index in [1.165, 1.54) is 6.92 Å². The molecule has 0 amide bonds. The Morgan fingerprint density at radius 3 is 2.83 bits per heavy atom. The maximum Gasteiger partial charge on any atom is 0.161 e. The molecule has 1 aliphatic carbocycles.